The fourth-order valence-electron chi connectivity index (χ4n) is 1.62. The highest BCUT2D eigenvalue weighted by molar-refractivity contribution is 5.97. The van der Waals surface area contributed by atoms with Gasteiger partial charge in [-0.15, -0.1) is 0 Å². The molecule has 1 atom stereocenters. The molecule has 0 unspecified atom stereocenters. The number of benzene rings is 1. The standard InChI is InChI=1S/C14H21N3O2/c1-4-11-7-6-8-12(9-11)16-10(3)13(18)17-14(19)15-5-2/h6-10,16H,4-5H2,1-3H3,(H2,15,17,18,19)/t10-/m1/s1. The van der Waals surface area contributed by atoms with E-state index < -0.39 is 12.1 Å². The van der Waals surface area contributed by atoms with Crippen LogP contribution in [0, 0.1) is 0 Å². The van der Waals surface area contributed by atoms with Gasteiger partial charge in [-0.1, -0.05) is 19.1 Å². The van der Waals surface area contributed by atoms with E-state index in [-0.39, 0.29) is 5.91 Å². The van der Waals surface area contributed by atoms with Crippen LogP contribution in [0.5, 0.6) is 0 Å². The highest BCUT2D eigenvalue weighted by Crippen LogP contribution is 2.12. The first kappa shape index (κ1) is 15.0. The van der Waals surface area contributed by atoms with Crippen LogP contribution in [-0.4, -0.2) is 24.5 Å². The first-order chi connectivity index (χ1) is 9.06. The van der Waals surface area contributed by atoms with Gasteiger partial charge in [0.15, 0.2) is 0 Å². The van der Waals surface area contributed by atoms with Crippen LogP contribution in [0.1, 0.15) is 26.3 Å². The van der Waals surface area contributed by atoms with Gasteiger partial charge in [-0.05, 0) is 38.0 Å². The fourth-order valence-corrected chi connectivity index (χ4v) is 1.62. The van der Waals surface area contributed by atoms with E-state index in [4.69, 9.17) is 0 Å². The van der Waals surface area contributed by atoms with Gasteiger partial charge in [-0.2, -0.15) is 0 Å². The van der Waals surface area contributed by atoms with E-state index in [1.807, 2.05) is 24.3 Å². The second kappa shape index (κ2) is 7.41. The monoisotopic (exact) mass is 263 g/mol. The Morgan fingerprint density at radius 1 is 1.26 bits per heavy atom. The Balaban J connectivity index is 2.55. The number of rotatable bonds is 5. The minimum atomic E-state index is -0.477. The number of aryl methyl sites for hydroxylation is 1. The predicted octanol–water partition coefficient (Wildman–Crippen LogP) is 1.90. The molecule has 0 aliphatic carbocycles. The van der Waals surface area contributed by atoms with Crippen LogP contribution in [0.2, 0.25) is 0 Å². The van der Waals surface area contributed by atoms with E-state index in [1.165, 1.54) is 5.56 Å². The highest BCUT2D eigenvalue weighted by Gasteiger charge is 2.15. The zero-order chi connectivity index (χ0) is 14.3. The van der Waals surface area contributed by atoms with Crippen LogP contribution < -0.4 is 16.0 Å². The lowest BCUT2D eigenvalue weighted by molar-refractivity contribution is -0.120. The zero-order valence-electron chi connectivity index (χ0n) is 11.6. The minimum Gasteiger partial charge on any atom is -0.374 e. The molecular formula is C14H21N3O2. The summed E-state index contributed by atoms with van der Waals surface area (Å²) in [7, 11) is 0. The number of hydrogen-bond donors (Lipinski definition) is 3. The normalized spacial score (nSPS) is 11.5. The van der Waals surface area contributed by atoms with Crippen molar-refractivity contribution in [1.82, 2.24) is 10.6 Å². The van der Waals surface area contributed by atoms with Crippen molar-refractivity contribution in [2.45, 2.75) is 33.2 Å². The maximum atomic E-state index is 11.8. The lowest BCUT2D eigenvalue weighted by atomic mass is 10.1. The van der Waals surface area contributed by atoms with Crippen LogP contribution >= 0.6 is 0 Å². The number of hydrogen-bond acceptors (Lipinski definition) is 3. The van der Waals surface area contributed by atoms with E-state index in [0.717, 1.165) is 12.1 Å². The summed E-state index contributed by atoms with van der Waals surface area (Å²) in [6.45, 7) is 6.07. The Bertz CT molecular complexity index is 446. The molecule has 1 rings (SSSR count). The smallest absolute Gasteiger partial charge is 0.321 e. The van der Waals surface area contributed by atoms with Crippen LogP contribution in [0.3, 0.4) is 0 Å². The van der Waals surface area contributed by atoms with Gasteiger partial charge in [0, 0.05) is 12.2 Å². The molecular weight excluding hydrogens is 242 g/mol. The Morgan fingerprint density at radius 3 is 2.63 bits per heavy atom. The van der Waals surface area contributed by atoms with Crippen LogP contribution in [0.15, 0.2) is 24.3 Å². The topological polar surface area (TPSA) is 70.2 Å². The lowest BCUT2D eigenvalue weighted by Gasteiger charge is -2.15. The summed E-state index contributed by atoms with van der Waals surface area (Å²) >= 11 is 0. The summed E-state index contributed by atoms with van der Waals surface area (Å²) in [5.41, 5.74) is 2.07. The van der Waals surface area contributed by atoms with Crippen LogP contribution in [0.4, 0.5) is 10.5 Å². The average Bonchev–Trinajstić information content (AvgIpc) is 2.39. The van der Waals surface area contributed by atoms with Crippen molar-refractivity contribution < 1.29 is 9.59 Å². The number of nitrogens with one attached hydrogen (secondary N) is 3. The highest BCUT2D eigenvalue weighted by atomic mass is 16.2. The molecule has 104 valence electrons. The number of anilines is 1. The Hall–Kier alpha value is -2.04. The second-order valence-electron chi connectivity index (χ2n) is 4.27. The Kier molecular flexibility index (Phi) is 5.85. The molecule has 3 amide bonds. The summed E-state index contributed by atoms with van der Waals surface area (Å²) in [5, 5.41) is 7.86. The number of imide groups is 1. The number of carbonyl (C=O) groups is 2. The van der Waals surface area contributed by atoms with Gasteiger partial charge in [0.2, 0.25) is 5.91 Å². The van der Waals surface area contributed by atoms with Crippen LogP contribution in [0.25, 0.3) is 0 Å². The van der Waals surface area contributed by atoms with Crippen molar-refractivity contribution in [3.05, 3.63) is 29.8 Å². The molecule has 5 nitrogen and oxygen atoms in total. The van der Waals surface area contributed by atoms with Gasteiger partial charge in [0.25, 0.3) is 0 Å². The van der Waals surface area contributed by atoms with Gasteiger partial charge >= 0.3 is 6.03 Å². The molecule has 0 bridgehead atoms. The van der Waals surface area contributed by atoms with Crippen molar-refractivity contribution in [3.8, 4) is 0 Å². The third-order valence-corrected chi connectivity index (χ3v) is 2.69. The first-order valence-electron chi connectivity index (χ1n) is 6.51. The van der Waals surface area contributed by atoms with Gasteiger partial charge in [0.1, 0.15) is 6.04 Å². The van der Waals surface area contributed by atoms with Gasteiger partial charge in [0.05, 0.1) is 0 Å². The van der Waals surface area contributed by atoms with E-state index in [0.29, 0.717) is 6.54 Å². The Labute approximate surface area is 113 Å². The van der Waals surface area contributed by atoms with E-state index >= 15 is 0 Å². The van der Waals surface area contributed by atoms with E-state index in [9.17, 15) is 9.59 Å². The molecule has 3 N–H and O–H groups in total. The SMILES string of the molecule is CCNC(=O)NC(=O)[C@@H](C)Nc1cccc(CC)c1. The molecule has 5 heteroatoms. The minimum absolute atomic E-state index is 0.354. The molecule has 0 spiro atoms. The molecule has 0 aliphatic rings. The summed E-state index contributed by atoms with van der Waals surface area (Å²) in [4.78, 5) is 23.0. The first-order valence-corrected chi connectivity index (χ1v) is 6.51. The zero-order valence-corrected chi connectivity index (χ0v) is 11.6. The van der Waals surface area contributed by atoms with E-state index in [2.05, 4.69) is 22.9 Å². The largest absolute Gasteiger partial charge is 0.374 e. The number of urea groups is 1. The average molecular weight is 263 g/mol. The summed E-state index contributed by atoms with van der Waals surface area (Å²) < 4.78 is 0. The maximum absolute atomic E-state index is 11.8. The van der Waals surface area contributed by atoms with Gasteiger partial charge in [-0.25, -0.2) is 4.79 Å². The van der Waals surface area contributed by atoms with Crippen molar-refractivity contribution >= 4 is 17.6 Å². The third kappa shape index (κ3) is 4.99. The molecule has 0 saturated carbocycles. The van der Waals surface area contributed by atoms with Crippen molar-refractivity contribution in [2.24, 2.45) is 0 Å². The number of amides is 3. The summed E-state index contributed by atoms with van der Waals surface area (Å²) in [5.74, 6) is -0.354. The molecule has 0 fully saturated rings. The number of carbonyl (C=O) groups excluding carboxylic acids is 2. The molecule has 1 aromatic rings. The molecule has 0 heterocycles. The molecule has 1 aromatic carbocycles. The van der Waals surface area contributed by atoms with Gasteiger partial charge in [-0.3, -0.25) is 10.1 Å². The third-order valence-electron chi connectivity index (χ3n) is 2.69. The maximum Gasteiger partial charge on any atom is 0.321 e. The molecule has 19 heavy (non-hydrogen) atoms. The van der Waals surface area contributed by atoms with Crippen molar-refractivity contribution in [3.63, 3.8) is 0 Å². The molecule has 0 aliphatic heterocycles. The van der Waals surface area contributed by atoms with Crippen molar-refractivity contribution in [2.75, 3.05) is 11.9 Å². The quantitative estimate of drug-likeness (QED) is 0.760. The predicted molar refractivity (Wildman–Crippen MR) is 76.1 cm³/mol. The molecule has 0 radical (unpaired) electrons. The summed E-state index contributed by atoms with van der Waals surface area (Å²) in [6.07, 6.45) is 0.939. The molecule has 0 aromatic heterocycles. The van der Waals surface area contributed by atoms with Gasteiger partial charge < -0.3 is 10.6 Å². The fraction of sp³-hybridized carbons (Fsp3) is 0.429. The second-order valence-corrected chi connectivity index (χ2v) is 4.27. The summed E-state index contributed by atoms with van der Waals surface area (Å²) in [6, 6.07) is 6.92. The lowest BCUT2D eigenvalue weighted by Crippen LogP contribution is -2.45. The van der Waals surface area contributed by atoms with Crippen molar-refractivity contribution in [1.29, 1.82) is 0 Å². The van der Waals surface area contributed by atoms with E-state index in [1.54, 1.807) is 13.8 Å². The molecule has 0 saturated heterocycles. The van der Waals surface area contributed by atoms with Crippen LogP contribution in [-0.2, 0) is 11.2 Å². The Morgan fingerprint density at radius 2 is 2.00 bits per heavy atom.